The largest absolute Gasteiger partial charge is 0.391 e. The van der Waals surface area contributed by atoms with Gasteiger partial charge in [-0.05, 0) is 12.3 Å². The van der Waals surface area contributed by atoms with Gasteiger partial charge in [-0.1, -0.05) is 30.9 Å². The number of rotatable bonds is 7. The molecule has 0 aliphatic heterocycles. The SMILES string of the molecule is NCC(=O)NCc1cn(CC(O)CC2CCCC2)nn1. The Bertz CT molecular complexity index is 428. The maximum atomic E-state index is 11.0. The highest BCUT2D eigenvalue weighted by Crippen LogP contribution is 2.28. The lowest BCUT2D eigenvalue weighted by Crippen LogP contribution is -2.29. The van der Waals surface area contributed by atoms with Gasteiger partial charge in [0.05, 0.1) is 31.9 Å². The van der Waals surface area contributed by atoms with E-state index >= 15 is 0 Å². The van der Waals surface area contributed by atoms with E-state index in [0.29, 0.717) is 24.7 Å². The number of amides is 1. The van der Waals surface area contributed by atoms with Gasteiger partial charge in [0.15, 0.2) is 0 Å². The second-order valence-electron chi connectivity index (χ2n) is 5.45. The summed E-state index contributed by atoms with van der Waals surface area (Å²) in [5.41, 5.74) is 5.87. The van der Waals surface area contributed by atoms with Crippen molar-refractivity contribution in [1.82, 2.24) is 20.3 Å². The smallest absolute Gasteiger partial charge is 0.234 e. The summed E-state index contributed by atoms with van der Waals surface area (Å²) in [6.07, 6.45) is 7.21. The van der Waals surface area contributed by atoms with E-state index in [2.05, 4.69) is 15.6 Å². The highest BCUT2D eigenvalue weighted by Gasteiger charge is 2.19. The van der Waals surface area contributed by atoms with Crippen LogP contribution in [0.1, 0.15) is 37.8 Å². The molecule has 2 rings (SSSR count). The summed E-state index contributed by atoms with van der Waals surface area (Å²) in [6.45, 7) is 0.733. The van der Waals surface area contributed by atoms with Crippen LogP contribution < -0.4 is 11.1 Å². The number of carbonyl (C=O) groups is 1. The zero-order chi connectivity index (χ0) is 14.4. The molecule has 7 nitrogen and oxygen atoms in total. The van der Waals surface area contributed by atoms with E-state index in [0.717, 1.165) is 6.42 Å². The topological polar surface area (TPSA) is 106 Å². The average molecular weight is 281 g/mol. The first-order valence-electron chi connectivity index (χ1n) is 7.21. The molecular formula is C13H23N5O2. The van der Waals surface area contributed by atoms with E-state index in [1.165, 1.54) is 25.7 Å². The van der Waals surface area contributed by atoms with E-state index < -0.39 is 0 Å². The highest BCUT2D eigenvalue weighted by molar-refractivity contribution is 5.77. The molecule has 0 radical (unpaired) electrons. The van der Waals surface area contributed by atoms with Crippen molar-refractivity contribution >= 4 is 5.91 Å². The summed E-state index contributed by atoms with van der Waals surface area (Å²) in [5.74, 6) is 0.428. The van der Waals surface area contributed by atoms with Crippen molar-refractivity contribution in [3.8, 4) is 0 Å². The quantitative estimate of drug-likeness (QED) is 0.641. The van der Waals surface area contributed by atoms with Crippen LogP contribution in [0.5, 0.6) is 0 Å². The molecule has 4 N–H and O–H groups in total. The first-order chi connectivity index (χ1) is 9.67. The monoisotopic (exact) mass is 281 g/mol. The summed E-state index contributed by atoms with van der Waals surface area (Å²) < 4.78 is 1.63. The second kappa shape index (κ2) is 7.35. The average Bonchev–Trinajstić information content (AvgIpc) is 3.07. The number of hydrogen-bond acceptors (Lipinski definition) is 5. The summed E-state index contributed by atoms with van der Waals surface area (Å²) in [4.78, 5) is 11.0. The Labute approximate surface area is 118 Å². The Morgan fingerprint density at radius 3 is 3.00 bits per heavy atom. The number of hydrogen-bond donors (Lipinski definition) is 3. The number of nitrogens with two attached hydrogens (primary N) is 1. The molecule has 1 atom stereocenters. The van der Waals surface area contributed by atoms with E-state index in [-0.39, 0.29) is 18.6 Å². The summed E-state index contributed by atoms with van der Waals surface area (Å²) >= 11 is 0. The third kappa shape index (κ3) is 4.57. The molecule has 1 aromatic heterocycles. The van der Waals surface area contributed by atoms with E-state index in [9.17, 15) is 9.90 Å². The van der Waals surface area contributed by atoms with E-state index in [1.54, 1.807) is 10.9 Å². The van der Waals surface area contributed by atoms with Gasteiger partial charge in [-0.15, -0.1) is 5.10 Å². The highest BCUT2D eigenvalue weighted by atomic mass is 16.3. The van der Waals surface area contributed by atoms with Gasteiger partial charge in [0, 0.05) is 0 Å². The molecule has 112 valence electrons. The molecule has 1 heterocycles. The fourth-order valence-electron chi connectivity index (χ4n) is 2.69. The number of aromatic nitrogens is 3. The maximum absolute atomic E-state index is 11.0. The minimum absolute atomic E-state index is 0.0335. The molecule has 0 bridgehead atoms. The Hall–Kier alpha value is -1.47. The van der Waals surface area contributed by atoms with Crippen LogP contribution in [0.4, 0.5) is 0 Å². The lowest BCUT2D eigenvalue weighted by Gasteiger charge is -2.14. The number of nitrogens with zero attached hydrogens (tertiary/aromatic N) is 3. The standard InChI is InChI=1S/C13H23N5O2/c14-6-13(20)15-7-11-8-18(17-16-11)9-12(19)5-10-3-1-2-4-10/h8,10,12,19H,1-7,9,14H2,(H,15,20). The van der Waals surface area contributed by atoms with Gasteiger partial charge in [0.2, 0.25) is 5.91 Å². The minimum atomic E-state index is -0.383. The van der Waals surface area contributed by atoms with Crippen molar-refractivity contribution < 1.29 is 9.90 Å². The lowest BCUT2D eigenvalue weighted by atomic mass is 10.0. The van der Waals surface area contributed by atoms with Crippen molar-refractivity contribution in [3.63, 3.8) is 0 Å². The molecule has 0 aromatic carbocycles. The minimum Gasteiger partial charge on any atom is -0.391 e. The molecule has 1 unspecified atom stereocenters. The normalized spacial score (nSPS) is 17.3. The second-order valence-corrected chi connectivity index (χ2v) is 5.45. The van der Waals surface area contributed by atoms with Crippen molar-refractivity contribution in [2.24, 2.45) is 11.7 Å². The van der Waals surface area contributed by atoms with Crippen LogP contribution in [0.3, 0.4) is 0 Å². The fraction of sp³-hybridized carbons (Fsp3) is 0.769. The predicted molar refractivity (Wildman–Crippen MR) is 73.5 cm³/mol. The van der Waals surface area contributed by atoms with Gasteiger partial charge in [-0.25, -0.2) is 4.68 Å². The molecule has 20 heavy (non-hydrogen) atoms. The van der Waals surface area contributed by atoms with E-state index in [1.807, 2.05) is 0 Å². The van der Waals surface area contributed by atoms with Crippen LogP contribution in [0.25, 0.3) is 0 Å². The molecule has 1 fully saturated rings. The molecule has 1 aliphatic carbocycles. The van der Waals surface area contributed by atoms with Crippen LogP contribution >= 0.6 is 0 Å². The van der Waals surface area contributed by atoms with Gasteiger partial charge in [-0.2, -0.15) is 0 Å². The van der Waals surface area contributed by atoms with Gasteiger partial charge in [-0.3, -0.25) is 4.79 Å². The maximum Gasteiger partial charge on any atom is 0.234 e. The summed E-state index contributed by atoms with van der Waals surface area (Å²) in [7, 11) is 0. The van der Waals surface area contributed by atoms with Crippen LogP contribution in [0, 0.1) is 5.92 Å². The van der Waals surface area contributed by atoms with Gasteiger partial charge in [0.25, 0.3) is 0 Å². The zero-order valence-corrected chi connectivity index (χ0v) is 11.7. The third-order valence-corrected chi connectivity index (χ3v) is 3.72. The van der Waals surface area contributed by atoms with Crippen molar-refractivity contribution in [2.75, 3.05) is 6.54 Å². The molecule has 0 spiro atoms. The number of nitrogens with one attached hydrogen (secondary N) is 1. The van der Waals surface area contributed by atoms with E-state index in [4.69, 9.17) is 5.73 Å². The number of carbonyl (C=O) groups excluding carboxylic acids is 1. The van der Waals surface area contributed by atoms with Crippen LogP contribution in [-0.2, 0) is 17.9 Å². The molecule has 1 saturated carbocycles. The molecular weight excluding hydrogens is 258 g/mol. The predicted octanol–water partition coefficient (Wildman–Crippen LogP) is -0.206. The first kappa shape index (κ1) is 14.9. The first-order valence-corrected chi connectivity index (χ1v) is 7.21. The van der Waals surface area contributed by atoms with Crippen LogP contribution in [0.15, 0.2) is 6.20 Å². The third-order valence-electron chi connectivity index (χ3n) is 3.72. The Morgan fingerprint density at radius 1 is 1.55 bits per heavy atom. The van der Waals surface area contributed by atoms with Crippen LogP contribution in [0.2, 0.25) is 0 Å². The van der Waals surface area contributed by atoms with Crippen molar-refractivity contribution in [1.29, 1.82) is 0 Å². The molecule has 0 saturated heterocycles. The molecule has 7 heteroatoms. The molecule has 1 aromatic rings. The Kier molecular flexibility index (Phi) is 5.49. The summed E-state index contributed by atoms with van der Waals surface area (Å²) in [5, 5.41) is 20.6. The Morgan fingerprint density at radius 2 is 2.30 bits per heavy atom. The van der Waals surface area contributed by atoms with Crippen molar-refractivity contribution in [2.45, 2.75) is 51.3 Å². The fourth-order valence-corrected chi connectivity index (χ4v) is 2.69. The zero-order valence-electron chi connectivity index (χ0n) is 11.7. The van der Waals surface area contributed by atoms with Crippen LogP contribution in [-0.4, -0.2) is 38.7 Å². The molecule has 1 amide bonds. The van der Waals surface area contributed by atoms with Gasteiger partial charge in [0.1, 0.15) is 5.69 Å². The van der Waals surface area contributed by atoms with Gasteiger partial charge < -0.3 is 16.2 Å². The summed E-state index contributed by atoms with van der Waals surface area (Å²) in [6, 6.07) is 0. The van der Waals surface area contributed by atoms with Gasteiger partial charge >= 0.3 is 0 Å². The van der Waals surface area contributed by atoms with Crippen molar-refractivity contribution in [3.05, 3.63) is 11.9 Å². The number of aliphatic hydroxyl groups is 1. The molecule has 1 aliphatic rings. The number of aliphatic hydroxyl groups excluding tert-OH is 1. The Balaban J connectivity index is 1.75. The lowest BCUT2D eigenvalue weighted by molar-refractivity contribution is -0.119.